The number of hydrogen-bond acceptors (Lipinski definition) is 2. The van der Waals surface area contributed by atoms with Gasteiger partial charge in [0.1, 0.15) is 0 Å². The molecular formula is C9H8BrClO2S. The second kappa shape index (κ2) is 4.47. The average Bonchev–Trinajstić information content (AvgIpc) is 2.01. The SMILES string of the molecule is C=C(CS(=O)(=O)Cl)c1ccccc1Br. The van der Waals surface area contributed by atoms with Crippen LogP contribution in [0.15, 0.2) is 35.3 Å². The zero-order valence-electron chi connectivity index (χ0n) is 7.20. The van der Waals surface area contributed by atoms with Crippen LogP contribution in [0.4, 0.5) is 0 Å². The van der Waals surface area contributed by atoms with E-state index in [2.05, 4.69) is 22.5 Å². The lowest BCUT2D eigenvalue weighted by atomic mass is 10.1. The summed E-state index contributed by atoms with van der Waals surface area (Å²) in [5, 5.41) is 0. The van der Waals surface area contributed by atoms with Crippen LogP contribution in [0.25, 0.3) is 5.57 Å². The van der Waals surface area contributed by atoms with Crippen LogP contribution >= 0.6 is 26.6 Å². The summed E-state index contributed by atoms with van der Waals surface area (Å²) in [5.41, 5.74) is 1.24. The molecule has 1 aromatic carbocycles. The first kappa shape index (κ1) is 11.8. The standard InChI is InChI=1S/C9H8BrClO2S/c1-7(6-14(11,12)13)8-4-2-3-5-9(8)10/h2-5H,1,6H2. The number of rotatable bonds is 3. The number of hydrogen-bond donors (Lipinski definition) is 0. The van der Waals surface area contributed by atoms with E-state index < -0.39 is 9.05 Å². The van der Waals surface area contributed by atoms with Gasteiger partial charge in [-0.25, -0.2) is 8.42 Å². The molecule has 0 amide bonds. The van der Waals surface area contributed by atoms with Gasteiger partial charge in [-0.15, -0.1) is 0 Å². The summed E-state index contributed by atoms with van der Waals surface area (Å²) in [6.07, 6.45) is 0. The normalized spacial score (nSPS) is 11.3. The van der Waals surface area contributed by atoms with Crippen molar-refractivity contribution in [1.82, 2.24) is 0 Å². The molecule has 0 fully saturated rings. The fourth-order valence-corrected chi connectivity index (χ4v) is 2.57. The topological polar surface area (TPSA) is 34.1 Å². The van der Waals surface area contributed by atoms with Crippen LogP contribution in [0.5, 0.6) is 0 Å². The van der Waals surface area contributed by atoms with Crippen LogP contribution in [0.2, 0.25) is 0 Å². The fourth-order valence-electron chi connectivity index (χ4n) is 1.03. The molecule has 0 heterocycles. The van der Waals surface area contributed by atoms with E-state index in [1.165, 1.54) is 0 Å². The monoisotopic (exact) mass is 294 g/mol. The Morgan fingerprint density at radius 2 is 2.00 bits per heavy atom. The molecule has 0 unspecified atom stereocenters. The van der Waals surface area contributed by atoms with Crippen molar-refractivity contribution in [3.05, 3.63) is 40.9 Å². The highest BCUT2D eigenvalue weighted by atomic mass is 79.9. The summed E-state index contributed by atoms with van der Waals surface area (Å²) in [5.74, 6) is -0.239. The summed E-state index contributed by atoms with van der Waals surface area (Å²) in [4.78, 5) is 0. The van der Waals surface area contributed by atoms with E-state index in [1.807, 2.05) is 18.2 Å². The molecule has 0 aromatic heterocycles. The molecule has 0 saturated carbocycles. The lowest BCUT2D eigenvalue weighted by molar-refractivity contribution is 0.612. The maximum absolute atomic E-state index is 10.8. The molecular weight excluding hydrogens is 288 g/mol. The quantitative estimate of drug-likeness (QED) is 0.803. The third kappa shape index (κ3) is 3.44. The Bertz CT molecular complexity index is 454. The Hall–Kier alpha value is -0.320. The fraction of sp³-hybridized carbons (Fsp3) is 0.111. The van der Waals surface area contributed by atoms with Crippen molar-refractivity contribution in [3.8, 4) is 0 Å². The predicted octanol–water partition coefficient (Wildman–Crippen LogP) is 3.03. The molecule has 0 radical (unpaired) electrons. The van der Waals surface area contributed by atoms with Crippen molar-refractivity contribution in [1.29, 1.82) is 0 Å². The summed E-state index contributed by atoms with van der Waals surface area (Å²) in [6.45, 7) is 3.68. The van der Waals surface area contributed by atoms with Crippen molar-refractivity contribution in [2.75, 3.05) is 5.75 Å². The van der Waals surface area contributed by atoms with Gasteiger partial charge < -0.3 is 0 Å². The van der Waals surface area contributed by atoms with Gasteiger partial charge in [-0.05, 0) is 17.2 Å². The third-order valence-electron chi connectivity index (χ3n) is 1.60. The highest BCUT2D eigenvalue weighted by molar-refractivity contribution is 9.10. The molecule has 0 aliphatic rings. The first-order valence-corrected chi connectivity index (χ1v) is 7.02. The van der Waals surface area contributed by atoms with Crippen LogP contribution in [-0.4, -0.2) is 14.2 Å². The molecule has 5 heteroatoms. The summed E-state index contributed by atoms with van der Waals surface area (Å²) in [6, 6.07) is 7.26. The van der Waals surface area contributed by atoms with Gasteiger partial charge in [0.05, 0.1) is 5.75 Å². The van der Waals surface area contributed by atoms with Crippen LogP contribution in [0.3, 0.4) is 0 Å². The zero-order valence-corrected chi connectivity index (χ0v) is 10.4. The highest BCUT2D eigenvalue weighted by Gasteiger charge is 2.11. The minimum atomic E-state index is -3.54. The van der Waals surface area contributed by atoms with Gasteiger partial charge >= 0.3 is 0 Å². The van der Waals surface area contributed by atoms with E-state index in [4.69, 9.17) is 10.7 Å². The smallest absolute Gasteiger partial charge is 0.212 e. The molecule has 0 N–H and O–H groups in total. The van der Waals surface area contributed by atoms with Crippen LogP contribution in [-0.2, 0) is 9.05 Å². The van der Waals surface area contributed by atoms with Crippen molar-refractivity contribution in [2.45, 2.75) is 0 Å². The van der Waals surface area contributed by atoms with Crippen molar-refractivity contribution in [2.24, 2.45) is 0 Å². The predicted molar refractivity (Wildman–Crippen MR) is 62.8 cm³/mol. The second-order valence-electron chi connectivity index (χ2n) is 2.77. The van der Waals surface area contributed by atoms with E-state index in [0.29, 0.717) is 5.57 Å². The molecule has 0 bridgehead atoms. The Kier molecular flexibility index (Phi) is 3.75. The lowest BCUT2D eigenvalue weighted by Crippen LogP contribution is -1.99. The first-order chi connectivity index (χ1) is 6.40. The highest BCUT2D eigenvalue weighted by Crippen LogP contribution is 2.24. The lowest BCUT2D eigenvalue weighted by Gasteiger charge is -2.05. The van der Waals surface area contributed by atoms with E-state index in [0.717, 1.165) is 10.0 Å². The average molecular weight is 296 g/mol. The van der Waals surface area contributed by atoms with E-state index in [-0.39, 0.29) is 5.75 Å². The third-order valence-corrected chi connectivity index (χ3v) is 3.31. The molecule has 0 aliphatic heterocycles. The summed E-state index contributed by atoms with van der Waals surface area (Å²) in [7, 11) is 1.59. The minimum absolute atomic E-state index is 0.239. The van der Waals surface area contributed by atoms with Crippen LogP contribution in [0, 0.1) is 0 Å². The minimum Gasteiger partial charge on any atom is -0.212 e. The molecule has 76 valence electrons. The Labute approximate surface area is 96.1 Å². The number of halogens is 2. The molecule has 14 heavy (non-hydrogen) atoms. The Morgan fingerprint density at radius 3 is 2.50 bits per heavy atom. The molecule has 0 spiro atoms. The van der Waals surface area contributed by atoms with Crippen molar-refractivity contribution in [3.63, 3.8) is 0 Å². The molecule has 1 aromatic rings. The number of benzene rings is 1. The van der Waals surface area contributed by atoms with Gasteiger partial charge in [-0.1, -0.05) is 40.7 Å². The van der Waals surface area contributed by atoms with Gasteiger partial charge in [-0.3, -0.25) is 0 Å². The van der Waals surface area contributed by atoms with Crippen molar-refractivity contribution >= 4 is 41.2 Å². The van der Waals surface area contributed by atoms with E-state index in [1.54, 1.807) is 6.07 Å². The maximum Gasteiger partial charge on any atom is 0.236 e. The van der Waals surface area contributed by atoms with Crippen molar-refractivity contribution < 1.29 is 8.42 Å². The summed E-state index contributed by atoms with van der Waals surface area (Å²) >= 11 is 3.31. The van der Waals surface area contributed by atoms with Gasteiger partial charge in [0, 0.05) is 15.2 Å². The van der Waals surface area contributed by atoms with Gasteiger partial charge in [0.2, 0.25) is 9.05 Å². The molecule has 0 saturated heterocycles. The van der Waals surface area contributed by atoms with Crippen LogP contribution in [0.1, 0.15) is 5.56 Å². The Balaban J connectivity index is 2.97. The molecule has 0 atom stereocenters. The summed E-state index contributed by atoms with van der Waals surface area (Å²) < 4.78 is 22.4. The van der Waals surface area contributed by atoms with E-state index in [9.17, 15) is 8.42 Å². The van der Waals surface area contributed by atoms with Gasteiger partial charge in [0.25, 0.3) is 0 Å². The Morgan fingerprint density at radius 1 is 1.43 bits per heavy atom. The van der Waals surface area contributed by atoms with Gasteiger partial charge in [0.15, 0.2) is 0 Å². The maximum atomic E-state index is 10.8. The second-order valence-corrected chi connectivity index (χ2v) is 6.40. The molecule has 1 rings (SSSR count). The largest absolute Gasteiger partial charge is 0.236 e. The molecule has 0 aliphatic carbocycles. The van der Waals surface area contributed by atoms with Crippen LogP contribution < -0.4 is 0 Å². The van der Waals surface area contributed by atoms with E-state index >= 15 is 0 Å². The zero-order chi connectivity index (χ0) is 10.8. The molecule has 2 nitrogen and oxygen atoms in total. The van der Waals surface area contributed by atoms with Gasteiger partial charge in [-0.2, -0.15) is 0 Å². The first-order valence-electron chi connectivity index (χ1n) is 3.75.